The van der Waals surface area contributed by atoms with Crippen molar-refractivity contribution in [1.29, 1.82) is 0 Å². The van der Waals surface area contributed by atoms with Gasteiger partial charge in [-0.25, -0.2) is 4.98 Å². The minimum absolute atomic E-state index is 0.146. The van der Waals surface area contributed by atoms with Crippen molar-refractivity contribution in [2.45, 2.75) is 26.7 Å². The van der Waals surface area contributed by atoms with Crippen molar-refractivity contribution < 1.29 is 4.79 Å². The molecule has 0 aliphatic rings. The van der Waals surface area contributed by atoms with Gasteiger partial charge in [0.05, 0.1) is 5.01 Å². The van der Waals surface area contributed by atoms with Gasteiger partial charge in [-0.15, -0.1) is 11.3 Å². The van der Waals surface area contributed by atoms with Gasteiger partial charge in [-0.2, -0.15) is 0 Å². The molecule has 1 N–H and O–H groups in total. The van der Waals surface area contributed by atoms with Crippen LogP contribution in [0.1, 0.15) is 40.8 Å². The van der Waals surface area contributed by atoms with Gasteiger partial charge in [0, 0.05) is 11.1 Å². The molecule has 0 radical (unpaired) electrons. The molecular weight excluding hydrogens is 244 g/mol. The lowest BCUT2D eigenvalue weighted by Gasteiger charge is -2.12. The molecule has 2 aromatic rings. The summed E-state index contributed by atoms with van der Waals surface area (Å²) >= 11 is 1.48. The van der Waals surface area contributed by atoms with Crippen LogP contribution in [0, 0.1) is 6.92 Å². The number of carbonyl (C=O) groups excluding carboxylic acids is 1. The number of anilines is 1. The molecule has 3 nitrogen and oxygen atoms in total. The van der Waals surface area contributed by atoms with Gasteiger partial charge in [-0.1, -0.05) is 32.0 Å². The molecule has 0 saturated heterocycles. The van der Waals surface area contributed by atoms with Crippen LogP contribution in [-0.4, -0.2) is 10.9 Å². The van der Waals surface area contributed by atoms with Crippen LogP contribution in [0.25, 0.3) is 0 Å². The first-order valence-electron chi connectivity index (χ1n) is 5.90. The Labute approximate surface area is 111 Å². The second kappa shape index (κ2) is 5.31. The average Bonchev–Trinajstić information content (AvgIpc) is 2.76. The number of hydrogen-bond donors (Lipinski definition) is 1. The summed E-state index contributed by atoms with van der Waals surface area (Å²) in [7, 11) is 0. The maximum absolute atomic E-state index is 12.0. The van der Waals surface area contributed by atoms with E-state index < -0.39 is 0 Å². The summed E-state index contributed by atoms with van der Waals surface area (Å²) in [6.07, 6.45) is 0. The fraction of sp³-hybridized carbons (Fsp3) is 0.286. The quantitative estimate of drug-likeness (QED) is 0.911. The highest BCUT2D eigenvalue weighted by Gasteiger charge is 2.12. The van der Waals surface area contributed by atoms with E-state index in [2.05, 4.69) is 24.1 Å². The molecule has 0 aliphatic carbocycles. The van der Waals surface area contributed by atoms with E-state index in [1.165, 1.54) is 11.3 Å². The van der Waals surface area contributed by atoms with E-state index in [0.717, 1.165) is 16.3 Å². The zero-order valence-corrected chi connectivity index (χ0v) is 11.5. The van der Waals surface area contributed by atoms with Gasteiger partial charge in [-0.05, 0) is 24.5 Å². The van der Waals surface area contributed by atoms with Crippen molar-refractivity contribution in [2.75, 3.05) is 5.32 Å². The monoisotopic (exact) mass is 260 g/mol. The topological polar surface area (TPSA) is 42.0 Å². The van der Waals surface area contributed by atoms with E-state index in [-0.39, 0.29) is 5.91 Å². The molecule has 0 unspecified atom stereocenters. The molecule has 1 aromatic heterocycles. The minimum atomic E-state index is -0.146. The van der Waals surface area contributed by atoms with Gasteiger partial charge < -0.3 is 5.32 Å². The highest BCUT2D eigenvalue weighted by molar-refractivity contribution is 7.09. The van der Waals surface area contributed by atoms with Crippen LogP contribution in [-0.2, 0) is 0 Å². The lowest BCUT2D eigenvalue weighted by molar-refractivity contribution is 0.102. The molecule has 0 atom stereocenters. The van der Waals surface area contributed by atoms with Crippen LogP contribution in [0.4, 0.5) is 5.69 Å². The van der Waals surface area contributed by atoms with Crippen molar-refractivity contribution in [1.82, 2.24) is 4.98 Å². The predicted octanol–water partition coefficient (Wildman–Crippen LogP) is 3.83. The second-order valence-electron chi connectivity index (χ2n) is 4.45. The normalized spacial score (nSPS) is 10.7. The molecule has 1 heterocycles. The number of aromatic nitrogens is 1. The lowest BCUT2D eigenvalue weighted by atomic mass is 10.0. The van der Waals surface area contributed by atoms with E-state index in [0.29, 0.717) is 11.6 Å². The van der Waals surface area contributed by atoms with Crippen molar-refractivity contribution >= 4 is 22.9 Å². The van der Waals surface area contributed by atoms with E-state index >= 15 is 0 Å². The Morgan fingerprint density at radius 1 is 1.33 bits per heavy atom. The van der Waals surface area contributed by atoms with Gasteiger partial charge in [0.2, 0.25) is 0 Å². The number of thiazole rings is 1. The van der Waals surface area contributed by atoms with Crippen molar-refractivity contribution in [3.63, 3.8) is 0 Å². The van der Waals surface area contributed by atoms with Crippen LogP contribution in [0.2, 0.25) is 0 Å². The third kappa shape index (κ3) is 2.76. The Morgan fingerprint density at radius 2 is 2.06 bits per heavy atom. The summed E-state index contributed by atoms with van der Waals surface area (Å²) in [4.78, 5) is 16.2. The summed E-state index contributed by atoms with van der Waals surface area (Å²) in [5.41, 5.74) is 2.48. The smallest absolute Gasteiger partial charge is 0.275 e. The molecule has 0 bridgehead atoms. The standard InChI is InChI=1S/C14H16N2OS/c1-9(2)11-6-4-5-7-12(11)16-14(17)13-8-18-10(3)15-13/h4-9H,1-3H3,(H,16,17). The average molecular weight is 260 g/mol. The Bertz CT molecular complexity index is 560. The van der Waals surface area contributed by atoms with Gasteiger partial charge in [-0.3, -0.25) is 4.79 Å². The molecule has 0 saturated carbocycles. The first-order valence-corrected chi connectivity index (χ1v) is 6.78. The summed E-state index contributed by atoms with van der Waals surface area (Å²) in [5, 5.41) is 5.61. The third-order valence-electron chi connectivity index (χ3n) is 2.68. The maximum atomic E-state index is 12.0. The number of nitrogens with one attached hydrogen (secondary N) is 1. The number of nitrogens with zero attached hydrogens (tertiary/aromatic N) is 1. The van der Waals surface area contributed by atoms with Crippen molar-refractivity contribution in [3.8, 4) is 0 Å². The minimum Gasteiger partial charge on any atom is -0.320 e. The molecule has 1 amide bonds. The Morgan fingerprint density at radius 3 is 2.67 bits per heavy atom. The first-order chi connectivity index (χ1) is 8.58. The number of hydrogen-bond acceptors (Lipinski definition) is 3. The van der Waals surface area contributed by atoms with E-state index in [4.69, 9.17) is 0 Å². The van der Waals surface area contributed by atoms with Crippen molar-refractivity contribution in [2.24, 2.45) is 0 Å². The van der Waals surface area contributed by atoms with Crippen LogP contribution >= 0.6 is 11.3 Å². The van der Waals surface area contributed by atoms with Gasteiger partial charge >= 0.3 is 0 Å². The largest absolute Gasteiger partial charge is 0.320 e. The number of amides is 1. The number of benzene rings is 1. The summed E-state index contributed by atoms with van der Waals surface area (Å²) < 4.78 is 0. The molecule has 1 aromatic carbocycles. The SMILES string of the molecule is Cc1nc(C(=O)Nc2ccccc2C(C)C)cs1. The Kier molecular flexibility index (Phi) is 3.77. The number of para-hydroxylation sites is 1. The molecule has 0 fully saturated rings. The zero-order valence-electron chi connectivity index (χ0n) is 10.7. The van der Waals surface area contributed by atoms with E-state index in [1.807, 2.05) is 31.2 Å². The second-order valence-corrected chi connectivity index (χ2v) is 5.51. The fourth-order valence-corrected chi connectivity index (χ4v) is 2.36. The molecule has 18 heavy (non-hydrogen) atoms. The summed E-state index contributed by atoms with van der Waals surface area (Å²) in [6.45, 7) is 6.11. The molecule has 0 spiro atoms. The number of rotatable bonds is 3. The lowest BCUT2D eigenvalue weighted by Crippen LogP contribution is -2.14. The maximum Gasteiger partial charge on any atom is 0.275 e. The van der Waals surface area contributed by atoms with Crippen LogP contribution in [0.3, 0.4) is 0 Å². The fourth-order valence-electron chi connectivity index (χ4n) is 1.77. The highest BCUT2D eigenvalue weighted by Crippen LogP contribution is 2.24. The molecule has 4 heteroatoms. The summed E-state index contributed by atoms with van der Waals surface area (Å²) in [6, 6.07) is 7.87. The van der Waals surface area contributed by atoms with Gasteiger partial charge in [0.15, 0.2) is 0 Å². The van der Waals surface area contributed by atoms with Crippen LogP contribution in [0.5, 0.6) is 0 Å². The Hall–Kier alpha value is -1.68. The molecule has 0 aliphatic heterocycles. The predicted molar refractivity (Wildman–Crippen MR) is 75.3 cm³/mol. The first kappa shape index (κ1) is 12.8. The Balaban J connectivity index is 2.22. The van der Waals surface area contributed by atoms with Gasteiger partial charge in [0.1, 0.15) is 5.69 Å². The molecular formula is C14H16N2OS. The van der Waals surface area contributed by atoms with Crippen LogP contribution in [0.15, 0.2) is 29.6 Å². The molecule has 94 valence electrons. The highest BCUT2D eigenvalue weighted by atomic mass is 32.1. The van der Waals surface area contributed by atoms with Crippen LogP contribution < -0.4 is 5.32 Å². The van der Waals surface area contributed by atoms with E-state index in [9.17, 15) is 4.79 Å². The van der Waals surface area contributed by atoms with E-state index in [1.54, 1.807) is 5.38 Å². The van der Waals surface area contributed by atoms with Gasteiger partial charge in [0.25, 0.3) is 5.91 Å². The van der Waals surface area contributed by atoms with Crippen molar-refractivity contribution in [3.05, 3.63) is 45.9 Å². The number of aryl methyl sites for hydroxylation is 1. The number of carbonyl (C=O) groups is 1. The molecule has 2 rings (SSSR count). The zero-order chi connectivity index (χ0) is 13.1. The summed E-state index contributed by atoms with van der Waals surface area (Å²) in [5.74, 6) is 0.228. The third-order valence-corrected chi connectivity index (χ3v) is 3.46.